The van der Waals surface area contributed by atoms with E-state index in [9.17, 15) is 0 Å². The molecule has 0 saturated carbocycles. The van der Waals surface area contributed by atoms with Crippen molar-refractivity contribution in [3.8, 4) is 0 Å². The quantitative estimate of drug-likeness (QED) is 0.668. The van der Waals surface area contributed by atoms with Gasteiger partial charge in [-0.2, -0.15) is 0 Å². The number of fused-ring (bicyclic) bond motifs is 1. The Hall–Kier alpha value is -1.11. The van der Waals surface area contributed by atoms with E-state index < -0.39 is 0 Å². The highest BCUT2D eigenvalue weighted by Gasteiger charge is 2.12. The molecule has 3 aromatic rings. The van der Waals surface area contributed by atoms with Crippen LogP contribution in [0.25, 0.3) is 10.2 Å². The van der Waals surface area contributed by atoms with Gasteiger partial charge in [-0.05, 0) is 30.9 Å². The molecular weight excluding hydrogens is 306 g/mol. The lowest BCUT2D eigenvalue weighted by molar-refractivity contribution is 0.947. The smallest absolute Gasteiger partial charge is 0.225 e. The van der Waals surface area contributed by atoms with Crippen molar-refractivity contribution in [1.82, 2.24) is 9.97 Å². The number of hydrogen-bond acceptors (Lipinski definition) is 6. The molecule has 0 aromatic carbocycles. The van der Waals surface area contributed by atoms with E-state index in [4.69, 9.17) is 0 Å². The summed E-state index contributed by atoms with van der Waals surface area (Å²) in [5.74, 6) is 0.736. The maximum absolute atomic E-state index is 4.68. The largest absolute Gasteiger partial charge is 0.354 e. The first-order valence-electron chi connectivity index (χ1n) is 6.49. The van der Waals surface area contributed by atoms with Gasteiger partial charge in [0.1, 0.15) is 9.86 Å². The number of thiophene rings is 2. The van der Waals surface area contributed by atoms with Gasteiger partial charge in [-0.1, -0.05) is 24.8 Å². The van der Waals surface area contributed by atoms with Gasteiger partial charge in [0.05, 0.1) is 4.21 Å². The highest BCUT2D eigenvalue weighted by Crippen LogP contribution is 2.37. The van der Waals surface area contributed by atoms with Crippen molar-refractivity contribution in [2.24, 2.45) is 0 Å². The minimum atomic E-state index is 0.736. The molecule has 6 heteroatoms. The van der Waals surface area contributed by atoms with Crippen molar-refractivity contribution in [2.75, 3.05) is 11.9 Å². The van der Waals surface area contributed by atoms with E-state index in [0.717, 1.165) is 34.2 Å². The monoisotopic (exact) mass is 321 g/mol. The van der Waals surface area contributed by atoms with Crippen LogP contribution in [-0.4, -0.2) is 16.5 Å². The van der Waals surface area contributed by atoms with Crippen LogP contribution in [0.3, 0.4) is 0 Å². The summed E-state index contributed by atoms with van der Waals surface area (Å²) in [7, 11) is 0. The molecule has 0 atom stereocenters. The Labute approximate surface area is 130 Å². The molecule has 0 unspecified atom stereocenters. The van der Waals surface area contributed by atoms with Crippen LogP contribution in [0.2, 0.25) is 0 Å². The normalized spacial score (nSPS) is 11.1. The van der Waals surface area contributed by atoms with E-state index in [-0.39, 0.29) is 0 Å². The highest BCUT2D eigenvalue weighted by molar-refractivity contribution is 8.01. The fourth-order valence-corrected chi connectivity index (χ4v) is 4.55. The lowest BCUT2D eigenvalue weighted by Crippen LogP contribution is -2.04. The maximum Gasteiger partial charge on any atom is 0.225 e. The average molecular weight is 321 g/mol. The van der Waals surface area contributed by atoms with Gasteiger partial charge in [0.15, 0.2) is 0 Å². The molecule has 0 aliphatic rings. The third kappa shape index (κ3) is 2.97. The van der Waals surface area contributed by atoms with Crippen LogP contribution in [0.15, 0.2) is 32.8 Å². The Morgan fingerprint density at radius 3 is 3.00 bits per heavy atom. The molecule has 3 heterocycles. The van der Waals surface area contributed by atoms with Crippen LogP contribution < -0.4 is 5.32 Å². The first kappa shape index (κ1) is 13.9. The number of hydrogen-bond donors (Lipinski definition) is 1. The van der Waals surface area contributed by atoms with E-state index in [1.165, 1.54) is 9.09 Å². The molecule has 0 saturated heterocycles. The van der Waals surface area contributed by atoms with E-state index in [2.05, 4.69) is 52.7 Å². The Morgan fingerprint density at radius 1 is 1.35 bits per heavy atom. The SMILES string of the molecule is CCCNc1nc(Sc2cccs2)c2cc(C)sc2n1. The van der Waals surface area contributed by atoms with E-state index >= 15 is 0 Å². The van der Waals surface area contributed by atoms with Crippen molar-refractivity contribution in [3.05, 3.63) is 28.5 Å². The molecule has 104 valence electrons. The zero-order valence-corrected chi connectivity index (χ0v) is 13.8. The molecule has 3 rings (SSSR count). The van der Waals surface area contributed by atoms with Gasteiger partial charge in [0.25, 0.3) is 0 Å². The predicted octanol–water partition coefficient (Wildman–Crippen LogP) is 5.03. The van der Waals surface area contributed by atoms with Crippen LogP contribution in [0.1, 0.15) is 18.2 Å². The number of aromatic nitrogens is 2. The fraction of sp³-hybridized carbons (Fsp3) is 0.286. The standard InChI is InChI=1S/C14H15N3S3/c1-3-6-15-14-16-12-10(8-9(2)19-12)13(17-14)20-11-5-4-7-18-11/h4-5,7-8H,3,6H2,1-2H3,(H,15,16,17). The summed E-state index contributed by atoms with van der Waals surface area (Å²) < 4.78 is 1.26. The molecule has 0 spiro atoms. The van der Waals surface area contributed by atoms with Crippen molar-refractivity contribution in [1.29, 1.82) is 0 Å². The molecule has 0 radical (unpaired) electrons. The Bertz CT molecular complexity index is 704. The van der Waals surface area contributed by atoms with Crippen molar-refractivity contribution in [3.63, 3.8) is 0 Å². The number of anilines is 1. The summed E-state index contributed by atoms with van der Waals surface area (Å²) in [5, 5.41) is 7.59. The van der Waals surface area contributed by atoms with E-state index in [1.807, 2.05) is 0 Å². The first-order chi connectivity index (χ1) is 9.76. The summed E-state index contributed by atoms with van der Waals surface area (Å²) in [4.78, 5) is 11.6. The molecule has 0 bridgehead atoms. The second kappa shape index (κ2) is 6.11. The molecule has 0 aliphatic heterocycles. The van der Waals surface area contributed by atoms with E-state index in [0.29, 0.717) is 0 Å². The number of nitrogens with zero attached hydrogens (tertiary/aromatic N) is 2. The number of nitrogens with one attached hydrogen (secondary N) is 1. The summed E-state index contributed by atoms with van der Waals surface area (Å²) in [6.07, 6.45) is 1.07. The molecule has 1 N–H and O–H groups in total. The minimum Gasteiger partial charge on any atom is -0.354 e. The van der Waals surface area contributed by atoms with Crippen LogP contribution in [-0.2, 0) is 0 Å². The molecular formula is C14H15N3S3. The van der Waals surface area contributed by atoms with Crippen LogP contribution in [0, 0.1) is 6.92 Å². The van der Waals surface area contributed by atoms with Crippen molar-refractivity contribution < 1.29 is 0 Å². The summed E-state index contributed by atoms with van der Waals surface area (Å²) in [6, 6.07) is 6.38. The fourth-order valence-electron chi connectivity index (χ4n) is 1.83. The Balaban J connectivity index is 2.02. The zero-order chi connectivity index (χ0) is 13.9. The van der Waals surface area contributed by atoms with Gasteiger partial charge in [0.2, 0.25) is 5.95 Å². The minimum absolute atomic E-state index is 0.736. The number of rotatable bonds is 5. The van der Waals surface area contributed by atoms with Crippen molar-refractivity contribution >= 4 is 50.6 Å². The third-order valence-electron chi connectivity index (χ3n) is 2.71. The van der Waals surface area contributed by atoms with Gasteiger partial charge < -0.3 is 5.32 Å². The highest BCUT2D eigenvalue weighted by atomic mass is 32.2. The van der Waals surface area contributed by atoms with Crippen LogP contribution in [0.5, 0.6) is 0 Å². The summed E-state index contributed by atoms with van der Waals surface area (Å²) in [6.45, 7) is 5.16. The van der Waals surface area contributed by atoms with Crippen LogP contribution >= 0.6 is 34.4 Å². The lowest BCUT2D eigenvalue weighted by atomic mass is 10.4. The van der Waals surface area contributed by atoms with Gasteiger partial charge in [-0.3, -0.25) is 0 Å². The van der Waals surface area contributed by atoms with Crippen molar-refractivity contribution in [2.45, 2.75) is 29.5 Å². The Morgan fingerprint density at radius 2 is 2.25 bits per heavy atom. The molecule has 3 nitrogen and oxygen atoms in total. The molecule has 0 aliphatic carbocycles. The van der Waals surface area contributed by atoms with Gasteiger partial charge in [0, 0.05) is 16.8 Å². The predicted molar refractivity (Wildman–Crippen MR) is 89.4 cm³/mol. The molecule has 3 aromatic heterocycles. The summed E-state index contributed by atoms with van der Waals surface area (Å²) >= 11 is 5.19. The van der Waals surface area contributed by atoms with Crippen LogP contribution in [0.4, 0.5) is 5.95 Å². The maximum atomic E-state index is 4.68. The van der Waals surface area contributed by atoms with Gasteiger partial charge in [-0.15, -0.1) is 22.7 Å². The van der Waals surface area contributed by atoms with Gasteiger partial charge >= 0.3 is 0 Å². The zero-order valence-electron chi connectivity index (χ0n) is 11.3. The lowest BCUT2D eigenvalue weighted by Gasteiger charge is -2.06. The van der Waals surface area contributed by atoms with E-state index in [1.54, 1.807) is 34.4 Å². The first-order valence-corrected chi connectivity index (χ1v) is 9.01. The average Bonchev–Trinajstić information content (AvgIpc) is 3.05. The molecule has 20 heavy (non-hydrogen) atoms. The number of aryl methyl sites for hydroxylation is 1. The topological polar surface area (TPSA) is 37.8 Å². The second-order valence-corrected chi connectivity index (χ2v) is 7.86. The summed E-state index contributed by atoms with van der Waals surface area (Å²) in [5.41, 5.74) is 0. The Kier molecular flexibility index (Phi) is 4.24. The molecule has 0 amide bonds. The molecule has 0 fully saturated rings. The van der Waals surface area contributed by atoms with Gasteiger partial charge in [-0.25, -0.2) is 9.97 Å². The second-order valence-electron chi connectivity index (χ2n) is 4.39. The third-order valence-corrected chi connectivity index (χ3v) is 5.69.